The van der Waals surface area contributed by atoms with Crippen molar-refractivity contribution >= 4 is 38.6 Å². The van der Waals surface area contributed by atoms with Gasteiger partial charge in [0.15, 0.2) is 0 Å². The third-order valence-corrected chi connectivity index (χ3v) is 11.0. The number of carbonyl (C=O) groups is 3. The van der Waals surface area contributed by atoms with Gasteiger partial charge in [0.1, 0.15) is 6.04 Å². The van der Waals surface area contributed by atoms with Crippen LogP contribution >= 0.6 is 0 Å². The first-order valence-electron chi connectivity index (χ1n) is 17.0. The molecule has 53 heavy (non-hydrogen) atoms. The number of nitrogens with zero attached hydrogens (tertiary/aromatic N) is 1. The Morgan fingerprint density at radius 3 is 2.28 bits per heavy atom. The predicted molar refractivity (Wildman–Crippen MR) is 193 cm³/mol. The maximum absolute atomic E-state index is 14.4. The molecule has 0 unspecified atom stereocenters. The zero-order valence-electron chi connectivity index (χ0n) is 28.9. The third-order valence-electron chi connectivity index (χ3n) is 9.32. The second kappa shape index (κ2) is 15.2. The molecule has 10 nitrogen and oxygen atoms in total. The molecular formula is C39H38F3N5O5S. The van der Waals surface area contributed by atoms with Crippen molar-refractivity contribution in [2.45, 2.75) is 62.3 Å². The van der Waals surface area contributed by atoms with Gasteiger partial charge in [-0.2, -0.15) is 13.2 Å². The highest BCUT2D eigenvalue weighted by Crippen LogP contribution is 2.31. The highest BCUT2D eigenvalue weighted by molar-refractivity contribution is 7.90. The summed E-state index contributed by atoms with van der Waals surface area (Å²) in [6.07, 6.45) is 1.33. The standard InChI is InChI=1S/C39H38F3N5O5S/c1-24-12-18-29(19-13-24)53(51,52)47-20-6-10-34(47)37-25(2)7-5-11-35(48)44-32(26-14-16-28(17-15-26)39(40,41)42)22-36(49)45-33(38(50)46-37)21-27-23-43-31-9-4-3-8-30(27)31/h3-10,12-20,23,25,32-33,37,43H,11,21-22H2,1-2H3,(H,44,48)(H,45,49)(H,46,50)/b7-5+/t25-,32-,33-,37+/m0/s1. The summed E-state index contributed by atoms with van der Waals surface area (Å²) in [7, 11) is -4.09. The Labute approximate surface area is 304 Å². The molecule has 0 saturated heterocycles. The summed E-state index contributed by atoms with van der Waals surface area (Å²) in [6.45, 7) is 3.61. The van der Waals surface area contributed by atoms with Crippen LogP contribution in [0.25, 0.3) is 10.9 Å². The Bertz CT molecular complexity index is 2260. The van der Waals surface area contributed by atoms with E-state index in [9.17, 15) is 36.0 Å². The first kappa shape index (κ1) is 37.1. The summed E-state index contributed by atoms with van der Waals surface area (Å²) in [6, 6.07) is 18.1. The van der Waals surface area contributed by atoms with Crippen LogP contribution in [-0.4, -0.2) is 41.1 Å². The summed E-state index contributed by atoms with van der Waals surface area (Å²) in [5.74, 6) is -2.30. The number of carbonyl (C=O) groups excluding carboxylic acids is 3. The van der Waals surface area contributed by atoms with Gasteiger partial charge in [0.05, 0.1) is 34.7 Å². The van der Waals surface area contributed by atoms with E-state index in [0.717, 1.165) is 38.1 Å². The van der Waals surface area contributed by atoms with Gasteiger partial charge in [-0.1, -0.05) is 67.1 Å². The number of rotatable bonds is 6. The van der Waals surface area contributed by atoms with Gasteiger partial charge in [-0.3, -0.25) is 14.4 Å². The van der Waals surface area contributed by atoms with Gasteiger partial charge in [0, 0.05) is 36.1 Å². The largest absolute Gasteiger partial charge is 0.416 e. The summed E-state index contributed by atoms with van der Waals surface area (Å²) >= 11 is 0. The normalized spacial score (nSPS) is 21.3. The number of alkyl halides is 3. The molecule has 1 aliphatic heterocycles. The van der Waals surface area contributed by atoms with Crippen molar-refractivity contribution in [3.63, 3.8) is 0 Å². The fraction of sp³-hybridized carbons (Fsp3) is 0.256. The SMILES string of the molecule is Cc1ccc(S(=O)(=O)n2cccc2[C@@H]2NC(=O)[C@H](Cc3c[nH]c4ccccc34)NC(=O)C[C@@H](c3ccc(C(F)(F)F)cc3)NC(=O)C/C=C/[C@@H]2C)cc1. The van der Waals surface area contributed by atoms with Crippen molar-refractivity contribution in [3.05, 3.63) is 137 Å². The molecule has 0 bridgehead atoms. The van der Waals surface area contributed by atoms with E-state index < -0.39 is 63.5 Å². The number of amides is 3. The predicted octanol–water partition coefficient (Wildman–Crippen LogP) is 6.26. The monoisotopic (exact) mass is 745 g/mol. The van der Waals surface area contributed by atoms with Gasteiger partial charge < -0.3 is 20.9 Å². The molecule has 1 aliphatic rings. The number of hydrogen-bond donors (Lipinski definition) is 4. The molecule has 2 aromatic heterocycles. The third kappa shape index (κ3) is 8.38. The molecule has 3 heterocycles. The van der Waals surface area contributed by atoms with E-state index in [1.54, 1.807) is 49.5 Å². The Morgan fingerprint density at radius 1 is 0.849 bits per heavy atom. The molecule has 6 rings (SSSR count). The minimum atomic E-state index is -4.57. The lowest BCUT2D eigenvalue weighted by Crippen LogP contribution is -2.50. The Hall–Kier alpha value is -5.63. The van der Waals surface area contributed by atoms with Crippen molar-refractivity contribution in [2.75, 3.05) is 0 Å². The number of fused-ring (bicyclic) bond motifs is 1. The molecule has 276 valence electrons. The summed E-state index contributed by atoms with van der Waals surface area (Å²) in [5.41, 5.74) is 2.08. The minimum absolute atomic E-state index is 0.0402. The Morgan fingerprint density at radius 2 is 1.57 bits per heavy atom. The maximum atomic E-state index is 14.4. The highest BCUT2D eigenvalue weighted by atomic mass is 32.2. The molecule has 0 radical (unpaired) electrons. The van der Waals surface area contributed by atoms with Crippen molar-refractivity contribution in [1.82, 2.24) is 24.9 Å². The average Bonchev–Trinajstić information content (AvgIpc) is 3.78. The number of aryl methyl sites for hydroxylation is 1. The first-order valence-corrected chi connectivity index (χ1v) is 18.4. The van der Waals surface area contributed by atoms with E-state index in [1.807, 2.05) is 31.2 Å². The number of H-pyrrole nitrogens is 1. The molecule has 4 N–H and O–H groups in total. The zero-order chi connectivity index (χ0) is 37.9. The molecule has 3 aromatic carbocycles. The maximum Gasteiger partial charge on any atom is 0.416 e. The van der Waals surface area contributed by atoms with Crippen LogP contribution in [0.4, 0.5) is 13.2 Å². The molecule has 0 fully saturated rings. The fourth-order valence-corrected chi connectivity index (χ4v) is 7.86. The van der Waals surface area contributed by atoms with Crippen LogP contribution < -0.4 is 16.0 Å². The average molecular weight is 746 g/mol. The van der Waals surface area contributed by atoms with Crippen molar-refractivity contribution in [3.8, 4) is 0 Å². The first-order chi connectivity index (χ1) is 25.2. The molecule has 0 aliphatic carbocycles. The van der Waals surface area contributed by atoms with E-state index in [0.29, 0.717) is 0 Å². The van der Waals surface area contributed by atoms with Crippen molar-refractivity contribution in [1.29, 1.82) is 0 Å². The van der Waals surface area contributed by atoms with E-state index in [1.165, 1.54) is 30.5 Å². The van der Waals surface area contributed by atoms with Crippen LogP contribution in [0.1, 0.15) is 59.8 Å². The zero-order valence-corrected chi connectivity index (χ0v) is 29.7. The van der Waals surface area contributed by atoms with Crippen LogP contribution in [0.5, 0.6) is 0 Å². The van der Waals surface area contributed by atoms with Gasteiger partial charge in [-0.05, 0) is 66.4 Å². The molecule has 0 saturated carbocycles. The fourth-order valence-electron chi connectivity index (χ4n) is 6.47. The Kier molecular flexibility index (Phi) is 10.6. The smallest absolute Gasteiger partial charge is 0.361 e. The van der Waals surface area contributed by atoms with Crippen LogP contribution in [0.3, 0.4) is 0 Å². The molecule has 3 amide bonds. The van der Waals surface area contributed by atoms with E-state index in [2.05, 4.69) is 20.9 Å². The second-order valence-corrected chi connectivity index (χ2v) is 15.0. The number of para-hydroxylation sites is 1. The van der Waals surface area contributed by atoms with E-state index in [-0.39, 0.29) is 35.4 Å². The number of nitrogens with one attached hydrogen (secondary N) is 4. The molecule has 0 spiro atoms. The van der Waals surface area contributed by atoms with Gasteiger partial charge in [0.2, 0.25) is 17.7 Å². The van der Waals surface area contributed by atoms with Gasteiger partial charge in [0.25, 0.3) is 10.0 Å². The van der Waals surface area contributed by atoms with Gasteiger partial charge in [-0.15, -0.1) is 0 Å². The second-order valence-electron chi connectivity index (χ2n) is 13.2. The van der Waals surface area contributed by atoms with Crippen LogP contribution in [0.15, 0.2) is 114 Å². The summed E-state index contributed by atoms with van der Waals surface area (Å²) < 4.78 is 68.8. The highest BCUT2D eigenvalue weighted by Gasteiger charge is 2.33. The van der Waals surface area contributed by atoms with Crippen molar-refractivity contribution < 1.29 is 36.0 Å². The summed E-state index contributed by atoms with van der Waals surface area (Å²) in [5, 5.41) is 9.37. The van der Waals surface area contributed by atoms with Gasteiger partial charge >= 0.3 is 6.18 Å². The molecular weight excluding hydrogens is 708 g/mol. The number of benzene rings is 3. The van der Waals surface area contributed by atoms with Crippen molar-refractivity contribution in [2.24, 2.45) is 5.92 Å². The minimum Gasteiger partial charge on any atom is -0.361 e. The molecule has 4 atom stereocenters. The van der Waals surface area contributed by atoms with Gasteiger partial charge in [-0.25, -0.2) is 12.4 Å². The molecule has 14 heteroatoms. The molecule has 5 aromatic rings. The van der Waals surface area contributed by atoms with Crippen LogP contribution in [-0.2, 0) is 37.0 Å². The van der Waals surface area contributed by atoms with Crippen LogP contribution in [0.2, 0.25) is 0 Å². The van der Waals surface area contributed by atoms with E-state index >= 15 is 0 Å². The number of hydrogen-bond acceptors (Lipinski definition) is 5. The van der Waals surface area contributed by atoms with E-state index in [4.69, 9.17) is 0 Å². The van der Waals surface area contributed by atoms with Crippen LogP contribution in [0, 0.1) is 12.8 Å². The quantitative estimate of drug-likeness (QED) is 0.152. The number of aromatic amines is 1. The lowest BCUT2D eigenvalue weighted by Gasteiger charge is -2.28. The number of aromatic nitrogens is 2. The summed E-state index contributed by atoms with van der Waals surface area (Å²) in [4.78, 5) is 44.5. The Balaban J connectivity index is 1.38. The topological polar surface area (TPSA) is 142 Å². The number of halogens is 3. The lowest BCUT2D eigenvalue weighted by molar-refractivity contribution is -0.137. The lowest BCUT2D eigenvalue weighted by atomic mass is 9.96.